The van der Waals surface area contributed by atoms with Crippen LogP contribution >= 0.6 is 0 Å². The van der Waals surface area contributed by atoms with E-state index in [0.717, 1.165) is 31.5 Å². The zero-order chi connectivity index (χ0) is 14.8. The van der Waals surface area contributed by atoms with Crippen LogP contribution in [0.2, 0.25) is 0 Å². The second kappa shape index (κ2) is 10.6. The molecule has 0 bridgehead atoms. The Morgan fingerprint density at radius 2 is 1.37 bits per heavy atom. The van der Waals surface area contributed by atoms with E-state index in [9.17, 15) is 5.11 Å². The van der Waals surface area contributed by atoms with E-state index >= 15 is 0 Å². The van der Waals surface area contributed by atoms with Crippen molar-refractivity contribution in [1.82, 2.24) is 10.2 Å². The Hall–Kier alpha value is -0.120. The quantitative estimate of drug-likeness (QED) is 0.607. The van der Waals surface area contributed by atoms with Crippen LogP contribution in [0.4, 0.5) is 0 Å². The highest BCUT2D eigenvalue weighted by Crippen LogP contribution is 2.07. The molecule has 0 spiro atoms. The van der Waals surface area contributed by atoms with Gasteiger partial charge in [0.2, 0.25) is 0 Å². The molecule has 0 radical (unpaired) electrons. The SMILES string of the molecule is CC(C)CCN(CCC(C)C)CC(CO)NC(C)C. The van der Waals surface area contributed by atoms with Gasteiger partial charge >= 0.3 is 0 Å². The minimum Gasteiger partial charge on any atom is -0.395 e. The number of hydrogen-bond donors (Lipinski definition) is 2. The molecule has 0 amide bonds. The molecule has 1 atom stereocenters. The third-order valence-electron chi connectivity index (χ3n) is 3.31. The van der Waals surface area contributed by atoms with Crippen LogP contribution in [0.15, 0.2) is 0 Å². The van der Waals surface area contributed by atoms with Crippen molar-refractivity contribution >= 4 is 0 Å². The summed E-state index contributed by atoms with van der Waals surface area (Å²) in [5, 5.41) is 12.9. The Bertz CT molecular complexity index is 193. The van der Waals surface area contributed by atoms with Crippen LogP contribution < -0.4 is 5.32 Å². The van der Waals surface area contributed by atoms with Crippen LogP contribution in [0.5, 0.6) is 0 Å². The summed E-state index contributed by atoms with van der Waals surface area (Å²) in [6.07, 6.45) is 2.47. The second-order valence-electron chi connectivity index (χ2n) is 6.87. The summed E-state index contributed by atoms with van der Waals surface area (Å²) in [6, 6.07) is 0.619. The summed E-state index contributed by atoms with van der Waals surface area (Å²) in [5.41, 5.74) is 0. The fraction of sp³-hybridized carbons (Fsp3) is 1.00. The second-order valence-corrected chi connectivity index (χ2v) is 6.87. The van der Waals surface area contributed by atoms with Crippen LogP contribution in [0, 0.1) is 11.8 Å². The van der Waals surface area contributed by atoms with Gasteiger partial charge in [-0.1, -0.05) is 41.5 Å². The molecule has 0 aliphatic carbocycles. The molecule has 2 N–H and O–H groups in total. The average molecular weight is 272 g/mol. The molecule has 0 aromatic rings. The monoisotopic (exact) mass is 272 g/mol. The highest BCUT2D eigenvalue weighted by molar-refractivity contribution is 4.74. The first-order valence-electron chi connectivity index (χ1n) is 7.94. The van der Waals surface area contributed by atoms with Gasteiger partial charge in [0.05, 0.1) is 6.61 Å². The summed E-state index contributed by atoms with van der Waals surface area (Å²) in [4.78, 5) is 2.51. The number of nitrogens with one attached hydrogen (secondary N) is 1. The molecule has 0 aliphatic rings. The lowest BCUT2D eigenvalue weighted by atomic mass is 10.1. The molecule has 0 heterocycles. The maximum Gasteiger partial charge on any atom is 0.0597 e. The summed E-state index contributed by atoms with van der Waals surface area (Å²) in [6.45, 7) is 16.8. The number of rotatable bonds is 11. The number of nitrogens with zero attached hydrogens (tertiary/aromatic N) is 1. The number of aliphatic hydroxyl groups is 1. The highest BCUT2D eigenvalue weighted by atomic mass is 16.3. The molecule has 0 aliphatic heterocycles. The van der Waals surface area contributed by atoms with Gasteiger partial charge < -0.3 is 15.3 Å². The smallest absolute Gasteiger partial charge is 0.0597 e. The molecule has 3 nitrogen and oxygen atoms in total. The van der Waals surface area contributed by atoms with Gasteiger partial charge in [0.15, 0.2) is 0 Å². The normalized spacial score (nSPS) is 14.1. The molecule has 1 unspecified atom stereocenters. The van der Waals surface area contributed by atoms with Crippen molar-refractivity contribution < 1.29 is 5.11 Å². The van der Waals surface area contributed by atoms with Gasteiger partial charge in [-0.3, -0.25) is 0 Å². The molecule has 0 saturated heterocycles. The molecule has 0 aromatic carbocycles. The lowest BCUT2D eigenvalue weighted by molar-refractivity contribution is 0.166. The number of aliphatic hydroxyl groups excluding tert-OH is 1. The molecule has 19 heavy (non-hydrogen) atoms. The van der Waals surface area contributed by atoms with Gasteiger partial charge in [0.1, 0.15) is 0 Å². The third kappa shape index (κ3) is 11.4. The van der Waals surface area contributed by atoms with Crippen LogP contribution in [0.1, 0.15) is 54.4 Å². The summed E-state index contributed by atoms with van der Waals surface area (Å²) in [5.74, 6) is 1.49. The maximum absolute atomic E-state index is 9.49. The Kier molecular flexibility index (Phi) is 10.6. The lowest BCUT2D eigenvalue weighted by Gasteiger charge is -2.29. The highest BCUT2D eigenvalue weighted by Gasteiger charge is 2.15. The Morgan fingerprint density at radius 3 is 1.68 bits per heavy atom. The van der Waals surface area contributed by atoms with Crippen molar-refractivity contribution in [3.8, 4) is 0 Å². The topological polar surface area (TPSA) is 35.5 Å². The molecule has 0 fully saturated rings. The summed E-state index contributed by atoms with van der Waals surface area (Å²) in [7, 11) is 0. The van der Waals surface area contributed by atoms with Gasteiger partial charge in [-0.2, -0.15) is 0 Å². The van der Waals surface area contributed by atoms with E-state index in [4.69, 9.17) is 0 Å². The van der Waals surface area contributed by atoms with Gasteiger partial charge in [-0.05, 0) is 37.8 Å². The van der Waals surface area contributed by atoms with Gasteiger partial charge in [0.25, 0.3) is 0 Å². The Labute approximate surface area is 120 Å². The van der Waals surface area contributed by atoms with Gasteiger partial charge in [-0.15, -0.1) is 0 Å². The first-order chi connectivity index (χ1) is 8.85. The zero-order valence-electron chi connectivity index (χ0n) is 13.9. The van der Waals surface area contributed by atoms with E-state index in [0.29, 0.717) is 6.04 Å². The van der Waals surface area contributed by atoms with E-state index < -0.39 is 0 Å². The maximum atomic E-state index is 9.49. The zero-order valence-corrected chi connectivity index (χ0v) is 13.9. The van der Waals surface area contributed by atoms with Crippen LogP contribution in [-0.2, 0) is 0 Å². The first-order valence-corrected chi connectivity index (χ1v) is 7.94. The van der Waals surface area contributed by atoms with E-state index in [2.05, 4.69) is 51.8 Å². The van der Waals surface area contributed by atoms with Gasteiger partial charge in [-0.25, -0.2) is 0 Å². The largest absolute Gasteiger partial charge is 0.395 e. The Morgan fingerprint density at radius 1 is 0.895 bits per heavy atom. The number of hydrogen-bond acceptors (Lipinski definition) is 3. The van der Waals surface area contributed by atoms with E-state index in [1.165, 1.54) is 12.8 Å². The van der Waals surface area contributed by atoms with E-state index in [1.54, 1.807) is 0 Å². The van der Waals surface area contributed by atoms with E-state index in [1.807, 2.05) is 0 Å². The van der Waals surface area contributed by atoms with Gasteiger partial charge in [0, 0.05) is 18.6 Å². The minimum atomic E-state index is 0.194. The minimum absolute atomic E-state index is 0.194. The fourth-order valence-corrected chi connectivity index (χ4v) is 2.12. The van der Waals surface area contributed by atoms with Crippen molar-refractivity contribution in [1.29, 1.82) is 0 Å². The van der Waals surface area contributed by atoms with Crippen LogP contribution in [0.3, 0.4) is 0 Å². The Balaban J connectivity index is 4.27. The predicted octanol–water partition coefficient (Wildman–Crippen LogP) is 2.74. The van der Waals surface area contributed by atoms with Crippen LogP contribution in [0.25, 0.3) is 0 Å². The molecule has 3 heteroatoms. The summed E-state index contributed by atoms with van der Waals surface area (Å²) < 4.78 is 0. The van der Waals surface area contributed by atoms with Crippen molar-refractivity contribution in [2.75, 3.05) is 26.2 Å². The average Bonchev–Trinajstić information content (AvgIpc) is 2.30. The molecular formula is C16H36N2O. The van der Waals surface area contributed by atoms with Crippen molar-refractivity contribution in [2.24, 2.45) is 11.8 Å². The van der Waals surface area contributed by atoms with Crippen molar-refractivity contribution in [3.63, 3.8) is 0 Å². The molecule has 0 saturated carbocycles. The van der Waals surface area contributed by atoms with E-state index in [-0.39, 0.29) is 12.6 Å². The third-order valence-corrected chi connectivity index (χ3v) is 3.31. The molecule has 0 aromatic heterocycles. The van der Waals surface area contributed by atoms with Crippen molar-refractivity contribution in [3.05, 3.63) is 0 Å². The standard InChI is InChI=1S/C16H36N2O/c1-13(2)7-9-18(10-8-14(3)4)11-16(12-19)17-15(5)6/h13-17,19H,7-12H2,1-6H3. The molecule has 116 valence electrons. The lowest BCUT2D eigenvalue weighted by Crippen LogP contribution is -2.46. The predicted molar refractivity (Wildman–Crippen MR) is 84.5 cm³/mol. The summed E-state index contributed by atoms with van der Waals surface area (Å²) >= 11 is 0. The first kappa shape index (κ1) is 18.9. The fourth-order valence-electron chi connectivity index (χ4n) is 2.12. The van der Waals surface area contributed by atoms with Crippen LogP contribution in [-0.4, -0.2) is 48.3 Å². The van der Waals surface area contributed by atoms with Crippen molar-refractivity contribution in [2.45, 2.75) is 66.5 Å². The molecule has 0 rings (SSSR count). The molecular weight excluding hydrogens is 236 g/mol.